The van der Waals surface area contributed by atoms with Crippen molar-refractivity contribution >= 4 is 22.9 Å². The number of carbonyl (C=O) groups is 2. The van der Waals surface area contributed by atoms with E-state index in [1.807, 2.05) is 0 Å². The molecule has 4 N–H and O–H groups in total. The molecule has 16 heavy (non-hydrogen) atoms. The van der Waals surface area contributed by atoms with Crippen LogP contribution in [0, 0.1) is 13.8 Å². The van der Waals surface area contributed by atoms with Crippen molar-refractivity contribution in [1.82, 2.24) is 0 Å². The summed E-state index contributed by atoms with van der Waals surface area (Å²) in [5.41, 5.74) is 14.4. The molecule has 0 unspecified atom stereocenters. The van der Waals surface area contributed by atoms with E-state index in [4.69, 9.17) is 11.5 Å². The van der Waals surface area contributed by atoms with Crippen LogP contribution in [-0.2, 0) is 0 Å². The Morgan fingerprint density at radius 1 is 0.812 bits per heavy atom. The van der Waals surface area contributed by atoms with Gasteiger partial charge in [-0.15, -0.1) is 0 Å². The third-order valence-electron chi connectivity index (χ3n) is 2.80. The smallest absolute Gasteiger partial charge is 0.162 e. The highest BCUT2D eigenvalue weighted by molar-refractivity contribution is 6.09. The normalized spacial score (nSPS) is 10.2. The Morgan fingerprint density at radius 3 is 1.25 bits per heavy atom. The second-order valence-corrected chi connectivity index (χ2v) is 3.94. The van der Waals surface area contributed by atoms with Crippen molar-refractivity contribution in [2.75, 3.05) is 11.5 Å². The summed E-state index contributed by atoms with van der Waals surface area (Å²) < 4.78 is 0. The lowest BCUT2D eigenvalue weighted by Crippen LogP contribution is -2.13. The van der Waals surface area contributed by atoms with E-state index >= 15 is 0 Å². The van der Waals surface area contributed by atoms with Crippen LogP contribution in [0.3, 0.4) is 0 Å². The first-order valence-corrected chi connectivity index (χ1v) is 4.99. The SMILES string of the molecule is CC(=O)c1c(C)c(N)c(C(C)=O)c(C)c1N. The van der Waals surface area contributed by atoms with Crippen LogP contribution in [0.5, 0.6) is 0 Å². The highest BCUT2D eigenvalue weighted by Crippen LogP contribution is 2.31. The largest absolute Gasteiger partial charge is 0.398 e. The molecule has 0 radical (unpaired) electrons. The number of Topliss-reactive ketones (excluding diaryl/α,β-unsaturated/α-hetero) is 2. The molecule has 0 aliphatic carbocycles. The van der Waals surface area contributed by atoms with Crippen molar-refractivity contribution in [3.63, 3.8) is 0 Å². The van der Waals surface area contributed by atoms with Gasteiger partial charge in [-0.25, -0.2) is 0 Å². The number of carbonyl (C=O) groups excluding carboxylic acids is 2. The molecule has 1 rings (SSSR count). The molecule has 0 aliphatic rings. The fourth-order valence-electron chi connectivity index (χ4n) is 1.96. The van der Waals surface area contributed by atoms with Crippen LogP contribution >= 0.6 is 0 Å². The van der Waals surface area contributed by atoms with Gasteiger partial charge in [-0.1, -0.05) is 0 Å². The number of benzene rings is 1. The molecular formula is C12H16N2O2. The molecule has 0 fully saturated rings. The topological polar surface area (TPSA) is 86.2 Å². The minimum Gasteiger partial charge on any atom is -0.398 e. The molecule has 4 heteroatoms. The molecule has 0 spiro atoms. The van der Waals surface area contributed by atoms with E-state index in [1.54, 1.807) is 13.8 Å². The molecule has 0 saturated carbocycles. The van der Waals surface area contributed by atoms with Crippen molar-refractivity contribution in [3.05, 3.63) is 22.3 Å². The van der Waals surface area contributed by atoms with Crippen LogP contribution < -0.4 is 11.5 Å². The summed E-state index contributed by atoms with van der Waals surface area (Å²) in [5.74, 6) is -0.278. The predicted octanol–water partition coefficient (Wildman–Crippen LogP) is 1.87. The standard InChI is InChI=1S/C12H16N2O2/c1-5-9(7(3)15)12(14)6(2)10(8(4)16)11(5)13/h13-14H2,1-4H3. The van der Waals surface area contributed by atoms with Crippen LogP contribution in [0.2, 0.25) is 0 Å². The second kappa shape index (κ2) is 3.96. The Hall–Kier alpha value is -1.84. The average molecular weight is 220 g/mol. The maximum Gasteiger partial charge on any atom is 0.162 e. The molecule has 0 saturated heterocycles. The van der Waals surface area contributed by atoms with Crippen LogP contribution in [0.4, 0.5) is 11.4 Å². The minimum absolute atomic E-state index is 0.139. The number of anilines is 2. The summed E-state index contributed by atoms with van der Waals surface area (Å²) in [6.07, 6.45) is 0. The molecule has 1 aromatic carbocycles. The zero-order valence-corrected chi connectivity index (χ0v) is 9.97. The molecule has 0 bridgehead atoms. The highest BCUT2D eigenvalue weighted by atomic mass is 16.1. The zero-order valence-electron chi connectivity index (χ0n) is 9.97. The van der Waals surface area contributed by atoms with E-state index in [1.165, 1.54) is 13.8 Å². The Kier molecular flexibility index (Phi) is 3.03. The maximum absolute atomic E-state index is 11.5. The van der Waals surface area contributed by atoms with Gasteiger partial charge in [-0.2, -0.15) is 0 Å². The Bertz CT molecular complexity index is 416. The average Bonchev–Trinajstić information content (AvgIpc) is 2.14. The third-order valence-corrected chi connectivity index (χ3v) is 2.80. The van der Waals surface area contributed by atoms with Crippen molar-refractivity contribution in [3.8, 4) is 0 Å². The van der Waals surface area contributed by atoms with Crippen molar-refractivity contribution in [2.24, 2.45) is 0 Å². The van der Waals surface area contributed by atoms with E-state index in [0.29, 0.717) is 33.6 Å². The van der Waals surface area contributed by atoms with Gasteiger partial charge in [0.05, 0.1) is 0 Å². The molecule has 0 heterocycles. The van der Waals surface area contributed by atoms with Crippen LogP contribution in [-0.4, -0.2) is 11.6 Å². The number of nitrogens with two attached hydrogens (primary N) is 2. The predicted molar refractivity (Wildman–Crippen MR) is 64.7 cm³/mol. The summed E-state index contributed by atoms with van der Waals surface area (Å²) in [6.45, 7) is 6.28. The molecule has 4 nitrogen and oxygen atoms in total. The van der Waals surface area contributed by atoms with Gasteiger partial charge in [0.25, 0.3) is 0 Å². The molecule has 0 amide bonds. The minimum atomic E-state index is -0.139. The third kappa shape index (κ3) is 1.66. The fourth-order valence-corrected chi connectivity index (χ4v) is 1.96. The van der Waals surface area contributed by atoms with Crippen LogP contribution in [0.15, 0.2) is 0 Å². The van der Waals surface area contributed by atoms with Crippen LogP contribution in [0.25, 0.3) is 0 Å². The Morgan fingerprint density at radius 2 is 1.06 bits per heavy atom. The molecule has 86 valence electrons. The summed E-state index contributed by atoms with van der Waals surface area (Å²) in [4.78, 5) is 22.9. The van der Waals surface area contributed by atoms with Gasteiger partial charge in [-0.3, -0.25) is 9.59 Å². The van der Waals surface area contributed by atoms with E-state index in [-0.39, 0.29) is 11.6 Å². The van der Waals surface area contributed by atoms with E-state index in [0.717, 1.165) is 0 Å². The lowest BCUT2D eigenvalue weighted by molar-refractivity contribution is 0.100. The lowest BCUT2D eigenvalue weighted by Gasteiger charge is -2.16. The molecule has 0 aliphatic heterocycles. The number of nitrogen functional groups attached to an aromatic ring is 2. The first-order chi connectivity index (χ1) is 7.29. The first kappa shape index (κ1) is 12.2. The van der Waals surface area contributed by atoms with Crippen molar-refractivity contribution in [1.29, 1.82) is 0 Å². The maximum atomic E-state index is 11.5. The first-order valence-electron chi connectivity index (χ1n) is 4.99. The van der Waals surface area contributed by atoms with Gasteiger partial charge in [0.15, 0.2) is 11.6 Å². The van der Waals surface area contributed by atoms with Crippen molar-refractivity contribution < 1.29 is 9.59 Å². The quantitative estimate of drug-likeness (QED) is 0.588. The summed E-state index contributed by atoms with van der Waals surface area (Å²) >= 11 is 0. The van der Waals surface area contributed by atoms with E-state index in [9.17, 15) is 9.59 Å². The number of ketones is 2. The lowest BCUT2D eigenvalue weighted by atomic mass is 9.91. The van der Waals surface area contributed by atoms with E-state index < -0.39 is 0 Å². The van der Waals surface area contributed by atoms with Gasteiger partial charge in [-0.05, 0) is 38.8 Å². The van der Waals surface area contributed by atoms with Gasteiger partial charge in [0.1, 0.15) is 0 Å². The number of hydrogen-bond acceptors (Lipinski definition) is 4. The molecule has 0 atom stereocenters. The number of hydrogen-bond donors (Lipinski definition) is 2. The zero-order chi connectivity index (χ0) is 12.6. The Balaban J connectivity index is 3.77. The van der Waals surface area contributed by atoms with Gasteiger partial charge >= 0.3 is 0 Å². The molecule has 1 aromatic rings. The summed E-state index contributed by atoms with van der Waals surface area (Å²) in [6, 6.07) is 0. The fraction of sp³-hybridized carbons (Fsp3) is 0.333. The van der Waals surface area contributed by atoms with Crippen LogP contribution in [0.1, 0.15) is 45.7 Å². The van der Waals surface area contributed by atoms with Gasteiger partial charge in [0, 0.05) is 22.5 Å². The Labute approximate surface area is 94.6 Å². The second-order valence-electron chi connectivity index (χ2n) is 3.94. The number of rotatable bonds is 2. The highest BCUT2D eigenvalue weighted by Gasteiger charge is 2.20. The summed E-state index contributed by atoms with van der Waals surface area (Å²) in [7, 11) is 0. The molecular weight excluding hydrogens is 204 g/mol. The van der Waals surface area contributed by atoms with Gasteiger partial charge < -0.3 is 11.5 Å². The molecule has 0 aromatic heterocycles. The summed E-state index contributed by atoms with van der Waals surface area (Å²) in [5, 5.41) is 0. The van der Waals surface area contributed by atoms with Gasteiger partial charge in [0.2, 0.25) is 0 Å². The monoisotopic (exact) mass is 220 g/mol. The van der Waals surface area contributed by atoms with Crippen molar-refractivity contribution in [2.45, 2.75) is 27.7 Å². The van der Waals surface area contributed by atoms with E-state index in [2.05, 4.69) is 0 Å².